The Morgan fingerprint density at radius 1 is 1.42 bits per heavy atom. The fraction of sp³-hybridized carbons (Fsp3) is 0.300. The molecule has 0 aromatic carbocycles. The predicted octanol–water partition coefficient (Wildman–Crippen LogP) is -0.860. The summed E-state index contributed by atoms with van der Waals surface area (Å²) in [7, 11) is 3.34. The molecule has 100 valence electrons. The van der Waals surface area contributed by atoms with Crippen molar-refractivity contribution in [1.29, 1.82) is 0 Å². The highest BCUT2D eigenvalue weighted by molar-refractivity contribution is 5.79. The van der Waals surface area contributed by atoms with Crippen molar-refractivity contribution in [2.24, 2.45) is 0 Å². The summed E-state index contributed by atoms with van der Waals surface area (Å²) >= 11 is 0. The lowest BCUT2D eigenvalue weighted by Gasteiger charge is -2.11. The Labute approximate surface area is 109 Å². The van der Waals surface area contributed by atoms with Crippen molar-refractivity contribution in [3.8, 4) is 5.95 Å². The van der Waals surface area contributed by atoms with E-state index in [0.717, 1.165) is 0 Å². The molecule has 3 N–H and O–H groups in total. The van der Waals surface area contributed by atoms with Gasteiger partial charge in [0.1, 0.15) is 6.33 Å². The average molecular weight is 262 g/mol. The maximum Gasteiger partial charge on any atom is 0.241 e. The largest absolute Gasteiger partial charge is 0.368 e. The quantitative estimate of drug-likeness (QED) is 0.736. The lowest BCUT2D eigenvalue weighted by Crippen LogP contribution is -2.29. The summed E-state index contributed by atoms with van der Waals surface area (Å²) < 4.78 is 1.59. The first-order chi connectivity index (χ1) is 9.06. The van der Waals surface area contributed by atoms with E-state index in [0.29, 0.717) is 5.95 Å². The maximum atomic E-state index is 11.5. The number of anilines is 2. The SMILES string of the molecule is CN(C)C(=O)CNc1nc(N)nc(-n2ccnc2)n1. The van der Waals surface area contributed by atoms with Gasteiger partial charge in [-0.1, -0.05) is 0 Å². The number of likely N-dealkylation sites (N-methyl/N-ethyl adjacent to an activating group) is 1. The molecule has 0 radical (unpaired) electrons. The first kappa shape index (κ1) is 12.7. The van der Waals surface area contributed by atoms with E-state index in [9.17, 15) is 4.79 Å². The Morgan fingerprint density at radius 3 is 2.84 bits per heavy atom. The minimum absolute atomic E-state index is 0.0681. The molecule has 0 saturated carbocycles. The monoisotopic (exact) mass is 262 g/mol. The molecule has 0 atom stereocenters. The van der Waals surface area contributed by atoms with Crippen molar-refractivity contribution in [3.63, 3.8) is 0 Å². The number of nitrogens with one attached hydrogen (secondary N) is 1. The van der Waals surface area contributed by atoms with Crippen LogP contribution in [0.5, 0.6) is 0 Å². The van der Waals surface area contributed by atoms with Gasteiger partial charge in [0, 0.05) is 26.5 Å². The average Bonchev–Trinajstić information content (AvgIpc) is 2.89. The van der Waals surface area contributed by atoms with Crippen LogP contribution in [-0.4, -0.2) is 56.0 Å². The van der Waals surface area contributed by atoms with Crippen molar-refractivity contribution >= 4 is 17.8 Å². The number of imidazole rings is 1. The molecule has 9 heteroatoms. The second-order valence-corrected chi connectivity index (χ2v) is 3.93. The molecule has 0 aliphatic heterocycles. The van der Waals surface area contributed by atoms with Crippen LogP contribution in [0.2, 0.25) is 0 Å². The summed E-state index contributed by atoms with van der Waals surface area (Å²) in [6, 6.07) is 0. The van der Waals surface area contributed by atoms with E-state index in [1.165, 1.54) is 4.90 Å². The lowest BCUT2D eigenvalue weighted by molar-refractivity contribution is -0.126. The number of amides is 1. The third-order valence-corrected chi connectivity index (χ3v) is 2.27. The molecular weight excluding hydrogens is 248 g/mol. The van der Waals surface area contributed by atoms with Crippen LogP contribution in [0.15, 0.2) is 18.7 Å². The van der Waals surface area contributed by atoms with Crippen LogP contribution >= 0.6 is 0 Å². The number of nitrogen functional groups attached to an aromatic ring is 1. The zero-order chi connectivity index (χ0) is 13.8. The number of hydrogen-bond acceptors (Lipinski definition) is 7. The van der Waals surface area contributed by atoms with Crippen molar-refractivity contribution in [1.82, 2.24) is 29.4 Å². The molecule has 0 saturated heterocycles. The van der Waals surface area contributed by atoms with E-state index in [2.05, 4.69) is 25.3 Å². The smallest absolute Gasteiger partial charge is 0.241 e. The standard InChI is InChI=1S/C10H14N8O/c1-17(2)7(19)5-13-9-14-8(11)15-10(16-9)18-4-3-12-6-18/h3-4,6H,5H2,1-2H3,(H3,11,13,14,15,16). The van der Waals surface area contributed by atoms with Crippen molar-refractivity contribution in [3.05, 3.63) is 18.7 Å². The summed E-state index contributed by atoms with van der Waals surface area (Å²) in [5.74, 6) is 0.554. The minimum atomic E-state index is -0.0943. The second-order valence-electron chi connectivity index (χ2n) is 3.93. The highest BCUT2D eigenvalue weighted by Crippen LogP contribution is 2.06. The number of carbonyl (C=O) groups is 1. The maximum absolute atomic E-state index is 11.5. The lowest BCUT2D eigenvalue weighted by atomic mass is 10.5. The number of rotatable bonds is 4. The zero-order valence-electron chi connectivity index (χ0n) is 10.6. The van der Waals surface area contributed by atoms with E-state index in [4.69, 9.17) is 5.73 Å². The van der Waals surface area contributed by atoms with Gasteiger partial charge >= 0.3 is 0 Å². The van der Waals surface area contributed by atoms with Gasteiger partial charge in [-0.2, -0.15) is 15.0 Å². The molecule has 2 heterocycles. The van der Waals surface area contributed by atoms with Gasteiger partial charge in [-0.05, 0) is 0 Å². The van der Waals surface area contributed by atoms with E-state index < -0.39 is 0 Å². The summed E-state index contributed by atoms with van der Waals surface area (Å²) in [6.45, 7) is 0.0832. The normalized spacial score (nSPS) is 10.2. The third kappa shape index (κ3) is 3.15. The predicted molar refractivity (Wildman–Crippen MR) is 68.5 cm³/mol. The molecule has 2 aromatic rings. The molecule has 0 bridgehead atoms. The number of hydrogen-bond donors (Lipinski definition) is 2. The van der Waals surface area contributed by atoms with Crippen molar-refractivity contribution in [2.75, 3.05) is 31.7 Å². The summed E-state index contributed by atoms with van der Waals surface area (Å²) in [5.41, 5.74) is 5.60. The topological polar surface area (TPSA) is 115 Å². The molecule has 2 aromatic heterocycles. The van der Waals surface area contributed by atoms with E-state index in [1.807, 2.05) is 0 Å². The molecule has 0 aliphatic carbocycles. The van der Waals surface area contributed by atoms with Crippen molar-refractivity contribution in [2.45, 2.75) is 0 Å². The number of nitrogens with zero attached hydrogens (tertiary/aromatic N) is 6. The molecule has 0 unspecified atom stereocenters. The van der Waals surface area contributed by atoms with Crippen LogP contribution in [0.25, 0.3) is 5.95 Å². The highest BCUT2D eigenvalue weighted by atomic mass is 16.2. The molecule has 0 fully saturated rings. The molecule has 0 spiro atoms. The van der Waals surface area contributed by atoms with Gasteiger partial charge in [0.05, 0.1) is 6.54 Å². The van der Waals surface area contributed by atoms with Gasteiger partial charge in [0.25, 0.3) is 0 Å². The van der Waals surface area contributed by atoms with Gasteiger partial charge in [-0.3, -0.25) is 9.36 Å². The van der Waals surface area contributed by atoms with E-state index in [-0.39, 0.29) is 24.3 Å². The fourth-order valence-corrected chi connectivity index (χ4v) is 1.27. The van der Waals surface area contributed by atoms with Crippen LogP contribution in [0.3, 0.4) is 0 Å². The molecule has 0 aliphatic rings. The van der Waals surface area contributed by atoms with Gasteiger partial charge in [-0.15, -0.1) is 0 Å². The Kier molecular flexibility index (Phi) is 3.55. The second kappa shape index (κ2) is 5.29. The highest BCUT2D eigenvalue weighted by Gasteiger charge is 2.08. The van der Waals surface area contributed by atoms with Gasteiger partial charge in [0.2, 0.25) is 23.8 Å². The summed E-state index contributed by atoms with van der Waals surface area (Å²) in [6.07, 6.45) is 4.83. The van der Waals surface area contributed by atoms with Gasteiger partial charge < -0.3 is 16.0 Å². The van der Waals surface area contributed by atoms with Gasteiger partial charge in [-0.25, -0.2) is 4.98 Å². The Morgan fingerprint density at radius 2 is 2.21 bits per heavy atom. The first-order valence-electron chi connectivity index (χ1n) is 5.50. The molecule has 1 amide bonds. The fourth-order valence-electron chi connectivity index (χ4n) is 1.27. The summed E-state index contributed by atoms with van der Waals surface area (Å²) in [5, 5.41) is 2.80. The van der Waals surface area contributed by atoms with Gasteiger partial charge in [0.15, 0.2) is 0 Å². The Balaban J connectivity index is 2.16. The third-order valence-electron chi connectivity index (χ3n) is 2.27. The molecular formula is C10H14N8O. The van der Waals surface area contributed by atoms with E-state index in [1.54, 1.807) is 37.4 Å². The molecule has 2 rings (SSSR count). The van der Waals surface area contributed by atoms with Crippen LogP contribution in [0, 0.1) is 0 Å². The van der Waals surface area contributed by atoms with Crippen molar-refractivity contribution < 1.29 is 4.79 Å². The minimum Gasteiger partial charge on any atom is -0.368 e. The first-order valence-corrected chi connectivity index (χ1v) is 5.50. The molecule has 19 heavy (non-hydrogen) atoms. The number of aromatic nitrogens is 5. The zero-order valence-corrected chi connectivity index (χ0v) is 10.6. The van der Waals surface area contributed by atoms with Crippen LogP contribution in [0.1, 0.15) is 0 Å². The number of carbonyl (C=O) groups excluding carboxylic acids is 1. The number of nitrogens with two attached hydrogens (primary N) is 1. The van der Waals surface area contributed by atoms with Crippen LogP contribution in [-0.2, 0) is 4.79 Å². The van der Waals surface area contributed by atoms with Crippen LogP contribution in [0.4, 0.5) is 11.9 Å². The summed E-state index contributed by atoms with van der Waals surface area (Å²) in [4.78, 5) is 28.9. The molecule has 9 nitrogen and oxygen atoms in total. The van der Waals surface area contributed by atoms with Crippen LogP contribution < -0.4 is 11.1 Å². The Hall–Kier alpha value is -2.71. The van der Waals surface area contributed by atoms with E-state index >= 15 is 0 Å². The Bertz CT molecular complexity index is 565.